The number of hydrogen-bond acceptors (Lipinski definition) is 1. The lowest BCUT2D eigenvalue weighted by Crippen LogP contribution is -2.16. The van der Waals surface area contributed by atoms with Crippen LogP contribution in [0.2, 0.25) is 0 Å². The van der Waals surface area contributed by atoms with Gasteiger partial charge in [0.15, 0.2) is 5.78 Å². The molecule has 2 heteroatoms. The fourth-order valence-corrected chi connectivity index (χ4v) is 2.25. The van der Waals surface area contributed by atoms with Gasteiger partial charge in [0, 0.05) is 11.5 Å². The summed E-state index contributed by atoms with van der Waals surface area (Å²) in [6.07, 6.45) is 4.61. The van der Waals surface area contributed by atoms with Gasteiger partial charge in [-0.25, -0.2) is 4.39 Å². The molecule has 1 aromatic carbocycles. The van der Waals surface area contributed by atoms with Crippen LogP contribution < -0.4 is 0 Å². The monoisotopic (exact) mass is 244 g/mol. The fourth-order valence-electron chi connectivity index (χ4n) is 2.25. The molecule has 0 bridgehead atoms. The second kappa shape index (κ2) is 4.89. The summed E-state index contributed by atoms with van der Waals surface area (Å²) < 4.78 is 14.2. The van der Waals surface area contributed by atoms with Crippen molar-refractivity contribution in [2.45, 2.75) is 26.9 Å². The maximum Gasteiger partial charge on any atom is 0.159 e. The van der Waals surface area contributed by atoms with Gasteiger partial charge in [-0.2, -0.15) is 0 Å². The minimum Gasteiger partial charge on any atom is -0.295 e. The van der Waals surface area contributed by atoms with E-state index in [9.17, 15) is 9.18 Å². The number of ketones is 1. The number of aryl methyl sites for hydroxylation is 1. The van der Waals surface area contributed by atoms with E-state index in [1.807, 2.05) is 44.2 Å². The summed E-state index contributed by atoms with van der Waals surface area (Å²) in [5.41, 5.74) is 3.21. The molecule has 18 heavy (non-hydrogen) atoms. The molecule has 0 N–H and O–H groups in total. The van der Waals surface area contributed by atoms with Gasteiger partial charge >= 0.3 is 0 Å². The Kier molecular flexibility index (Phi) is 3.46. The number of rotatable bonds is 2. The third-order valence-corrected chi connectivity index (χ3v) is 3.39. The maximum absolute atomic E-state index is 14.2. The second-order valence-electron chi connectivity index (χ2n) is 4.85. The fraction of sp³-hybridized carbons (Fsp3) is 0.312. The minimum absolute atomic E-state index is 0.0346. The number of halogens is 1. The number of alkyl halides is 1. The number of carbonyl (C=O) groups excluding carboxylic acids is 1. The SMILES string of the molecule is CC(=O)c1ccc(C2=CC=CC(C)C2F)c(C)c1. The smallest absolute Gasteiger partial charge is 0.159 e. The van der Waals surface area contributed by atoms with Gasteiger partial charge in [-0.1, -0.05) is 37.3 Å². The first-order valence-electron chi connectivity index (χ1n) is 6.15. The van der Waals surface area contributed by atoms with Gasteiger partial charge in [0.05, 0.1) is 0 Å². The summed E-state index contributed by atoms with van der Waals surface area (Å²) in [7, 11) is 0. The first kappa shape index (κ1) is 12.7. The zero-order chi connectivity index (χ0) is 13.3. The van der Waals surface area contributed by atoms with E-state index in [0.29, 0.717) is 11.1 Å². The molecule has 0 aromatic heterocycles. The molecule has 1 aliphatic carbocycles. The van der Waals surface area contributed by atoms with Crippen molar-refractivity contribution < 1.29 is 9.18 Å². The predicted octanol–water partition coefficient (Wildman–Crippen LogP) is 4.13. The molecule has 1 aromatic rings. The largest absolute Gasteiger partial charge is 0.295 e. The zero-order valence-corrected chi connectivity index (χ0v) is 10.9. The van der Waals surface area contributed by atoms with Crippen LogP contribution in [-0.2, 0) is 0 Å². The minimum atomic E-state index is -0.975. The summed E-state index contributed by atoms with van der Waals surface area (Å²) in [4.78, 5) is 11.3. The van der Waals surface area contributed by atoms with Crippen LogP contribution in [0.4, 0.5) is 4.39 Å². The highest BCUT2D eigenvalue weighted by Crippen LogP contribution is 2.32. The van der Waals surface area contributed by atoms with Crippen molar-refractivity contribution in [3.05, 3.63) is 53.1 Å². The number of hydrogen-bond donors (Lipinski definition) is 0. The first-order chi connectivity index (χ1) is 8.50. The molecule has 94 valence electrons. The highest BCUT2D eigenvalue weighted by atomic mass is 19.1. The van der Waals surface area contributed by atoms with Gasteiger partial charge in [-0.3, -0.25) is 4.79 Å². The van der Waals surface area contributed by atoms with Crippen molar-refractivity contribution in [1.82, 2.24) is 0 Å². The number of allylic oxidation sites excluding steroid dienone is 4. The summed E-state index contributed by atoms with van der Waals surface area (Å²) in [6.45, 7) is 5.32. The molecular weight excluding hydrogens is 227 g/mol. The quantitative estimate of drug-likeness (QED) is 0.715. The van der Waals surface area contributed by atoms with Gasteiger partial charge in [-0.05, 0) is 36.6 Å². The first-order valence-corrected chi connectivity index (χ1v) is 6.15. The highest BCUT2D eigenvalue weighted by molar-refractivity contribution is 5.94. The lowest BCUT2D eigenvalue weighted by Gasteiger charge is -2.21. The predicted molar refractivity (Wildman–Crippen MR) is 72.4 cm³/mol. The van der Waals surface area contributed by atoms with Crippen LogP contribution in [0.1, 0.15) is 35.3 Å². The number of benzene rings is 1. The lowest BCUT2D eigenvalue weighted by atomic mass is 9.86. The molecule has 0 spiro atoms. The highest BCUT2D eigenvalue weighted by Gasteiger charge is 2.23. The third-order valence-electron chi connectivity index (χ3n) is 3.39. The lowest BCUT2D eigenvalue weighted by molar-refractivity contribution is 0.101. The Morgan fingerprint density at radius 3 is 2.67 bits per heavy atom. The third kappa shape index (κ3) is 2.28. The average Bonchev–Trinajstić information content (AvgIpc) is 2.33. The standard InChI is InChI=1S/C16H17FO/c1-10-5-4-6-15(16(10)17)14-8-7-13(12(3)18)9-11(14)2/h4-10,16H,1-3H3. The Morgan fingerprint density at radius 1 is 1.33 bits per heavy atom. The van der Waals surface area contributed by atoms with E-state index >= 15 is 0 Å². The van der Waals surface area contributed by atoms with Gasteiger partial charge in [0.1, 0.15) is 6.17 Å². The molecule has 2 rings (SSSR count). The van der Waals surface area contributed by atoms with E-state index in [2.05, 4.69) is 0 Å². The van der Waals surface area contributed by atoms with E-state index < -0.39 is 6.17 Å². The van der Waals surface area contributed by atoms with Crippen LogP contribution in [0.3, 0.4) is 0 Å². The molecule has 0 fully saturated rings. The molecule has 0 radical (unpaired) electrons. The summed E-state index contributed by atoms with van der Waals surface area (Å²) >= 11 is 0. The van der Waals surface area contributed by atoms with Crippen molar-refractivity contribution in [2.24, 2.45) is 5.92 Å². The van der Waals surface area contributed by atoms with Crippen molar-refractivity contribution >= 4 is 11.4 Å². The van der Waals surface area contributed by atoms with Crippen LogP contribution in [0, 0.1) is 12.8 Å². The van der Waals surface area contributed by atoms with Crippen LogP contribution in [0.25, 0.3) is 5.57 Å². The molecule has 1 nitrogen and oxygen atoms in total. The summed E-state index contributed by atoms with van der Waals surface area (Å²) in [6, 6.07) is 5.44. The molecule has 0 heterocycles. The average molecular weight is 244 g/mol. The van der Waals surface area contributed by atoms with Gasteiger partial charge in [0.2, 0.25) is 0 Å². The van der Waals surface area contributed by atoms with E-state index in [1.165, 1.54) is 6.92 Å². The Bertz CT molecular complexity index is 540. The van der Waals surface area contributed by atoms with E-state index in [-0.39, 0.29) is 11.7 Å². The molecule has 2 unspecified atom stereocenters. The number of Topliss-reactive ketones (excluding diaryl/α,β-unsaturated/α-hetero) is 1. The Morgan fingerprint density at radius 2 is 2.06 bits per heavy atom. The van der Waals surface area contributed by atoms with Crippen LogP contribution >= 0.6 is 0 Å². The summed E-state index contributed by atoms with van der Waals surface area (Å²) in [5, 5.41) is 0. The molecule has 0 amide bonds. The summed E-state index contributed by atoms with van der Waals surface area (Å²) in [5.74, 6) is -0.0655. The van der Waals surface area contributed by atoms with Crippen molar-refractivity contribution in [2.75, 3.05) is 0 Å². The maximum atomic E-state index is 14.2. The van der Waals surface area contributed by atoms with Gasteiger partial charge in [-0.15, -0.1) is 0 Å². The van der Waals surface area contributed by atoms with E-state index in [0.717, 1.165) is 11.1 Å². The van der Waals surface area contributed by atoms with Gasteiger partial charge < -0.3 is 0 Å². The second-order valence-corrected chi connectivity index (χ2v) is 4.85. The Balaban J connectivity index is 2.43. The van der Waals surface area contributed by atoms with Crippen LogP contribution in [0.15, 0.2) is 36.4 Å². The molecule has 1 aliphatic rings. The normalized spacial score (nSPS) is 22.8. The molecular formula is C16H17FO. The van der Waals surface area contributed by atoms with E-state index in [1.54, 1.807) is 6.07 Å². The van der Waals surface area contributed by atoms with Crippen molar-refractivity contribution in [1.29, 1.82) is 0 Å². The van der Waals surface area contributed by atoms with E-state index in [4.69, 9.17) is 0 Å². The topological polar surface area (TPSA) is 17.1 Å². The molecule has 2 atom stereocenters. The molecule has 0 aliphatic heterocycles. The van der Waals surface area contributed by atoms with Crippen molar-refractivity contribution in [3.8, 4) is 0 Å². The van der Waals surface area contributed by atoms with Gasteiger partial charge in [0.25, 0.3) is 0 Å². The van der Waals surface area contributed by atoms with Crippen LogP contribution in [0.5, 0.6) is 0 Å². The number of carbonyl (C=O) groups is 1. The molecule has 0 saturated carbocycles. The zero-order valence-electron chi connectivity index (χ0n) is 10.9. The van der Waals surface area contributed by atoms with Crippen molar-refractivity contribution in [3.63, 3.8) is 0 Å². The Labute approximate surface area is 107 Å². The molecule has 0 saturated heterocycles. The Hall–Kier alpha value is -1.70. The van der Waals surface area contributed by atoms with Crippen LogP contribution in [-0.4, -0.2) is 12.0 Å².